The Morgan fingerprint density at radius 1 is 1.38 bits per heavy atom. The normalized spacial score (nSPS) is 13.4. The number of rotatable bonds is 3. The van der Waals surface area contributed by atoms with Crippen LogP contribution in [-0.2, 0) is 24.3 Å². The Morgan fingerprint density at radius 3 is 2.86 bits per heavy atom. The molecule has 1 amide bonds. The molecule has 0 fully saturated rings. The number of aromatic nitrogens is 1. The third-order valence-corrected chi connectivity index (χ3v) is 4.76. The van der Waals surface area contributed by atoms with Crippen LogP contribution >= 0.6 is 11.3 Å². The first-order chi connectivity index (χ1) is 10.1. The number of carbonyl (C=O) groups excluding carboxylic acids is 1. The van der Waals surface area contributed by atoms with E-state index < -0.39 is 0 Å². The molecule has 1 aromatic heterocycles. The number of hydrogen-bond donors (Lipinski definition) is 0. The van der Waals surface area contributed by atoms with Crippen LogP contribution in [0.25, 0.3) is 0 Å². The van der Waals surface area contributed by atoms with Gasteiger partial charge in [0.05, 0.1) is 24.2 Å². The molecule has 21 heavy (non-hydrogen) atoms. The summed E-state index contributed by atoms with van der Waals surface area (Å²) in [5.41, 5.74) is 3.21. The van der Waals surface area contributed by atoms with Crippen LogP contribution in [0.2, 0.25) is 0 Å². The van der Waals surface area contributed by atoms with E-state index in [2.05, 4.69) is 11.1 Å². The molecule has 0 saturated carbocycles. The van der Waals surface area contributed by atoms with Gasteiger partial charge in [-0.1, -0.05) is 12.1 Å². The van der Waals surface area contributed by atoms with Gasteiger partial charge in [0.2, 0.25) is 5.91 Å². The zero-order chi connectivity index (χ0) is 15.0. The molecule has 1 aliphatic heterocycles. The molecule has 1 aliphatic rings. The van der Waals surface area contributed by atoms with Gasteiger partial charge in [0, 0.05) is 23.5 Å². The number of aryl methyl sites for hydroxylation is 2. The van der Waals surface area contributed by atoms with Gasteiger partial charge in [-0.25, -0.2) is 4.98 Å². The minimum Gasteiger partial charge on any atom is -0.496 e. The maximum Gasteiger partial charge on any atom is 0.229 e. The number of nitrogens with zero attached hydrogens (tertiary/aromatic N) is 2. The third kappa shape index (κ3) is 2.65. The number of ether oxygens (including phenoxy) is 1. The second-order valence-electron chi connectivity index (χ2n) is 5.26. The van der Waals surface area contributed by atoms with Crippen molar-refractivity contribution in [2.45, 2.75) is 33.4 Å². The van der Waals surface area contributed by atoms with Crippen LogP contribution in [0.15, 0.2) is 18.2 Å². The molecular formula is C16H18N2O2S. The average Bonchev–Trinajstić information content (AvgIpc) is 3.02. The van der Waals surface area contributed by atoms with Gasteiger partial charge in [0.1, 0.15) is 5.75 Å². The van der Waals surface area contributed by atoms with E-state index in [1.165, 1.54) is 5.56 Å². The third-order valence-electron chi connectivity index (χ3n) is 3.83. The van der Waals surface area contributed by atoms with Crippen molar-refractivity contribution in [2.24, 2.45) is 0 Å². The largest absolute Gasteiger partial charge is 0.496 e. The lowest BCUT2D eigenvalue weighted by molar-refractivity contribution is -0.131. The Balaban J connectivity index is 1.75. The highest BCUT2D eigenvalue weighted by Crippen LogP contribution is 2.31. The van der Waals surface area contributed by atoms with Gasteiger partial charge in [0.15, 0.2) is 0 Å². The fourth-order valence-electron chi connectivity index (χ4n) is 2.75. The summed E-state index contributed by atoms with van der Waals surface area (Å²) in [4.78, 5) is 20.0. The lowest BCUT2D eigenvalue weighted by Gasteiger charge is -2.15. The Labute approximate surface area is 128 Å². The van der Waals surface area contributed by atoms with E-state index in [1.807, 2.05) is 30.9 Å². The highest BCUT2D eigenvalue weighted by atomic mass is 32.1. The highest BCUT2D eigenvalue weighted by Gasteiger charge is 2.26. The van der Waals surface area contributed by atoms with Crippen molar-refractivity contribution in [3.8, 4) is 5.75 Å². The van der Waals surface area contributed by atoms with E-state index in [4.69, 9.17) is 4.74 Å². The fourth-order valence-corrected chi connectivity index (χ4v) is 3.58. The first-order valence-corrected chi connectivity index (χ1v) is 7.75. The van der Waals surface area contributed by atoms with Crippen LogP contribution in [0.4, 0.5) is 0 Å². The number of fused-ring (bicyclic) bond motifs is 1. The summed E-state index contributed by atoms with van der Waals surface area (Å²) in [6.45, 7) is 5.28. The summed E-state index contributed by atoms with van der Waals surface area (Å²) in [6.07, 6.45) is 0.381. The van der Waals surface area contributed by atoms with Gasteiger partial charge in [-0.15, -0.1) is 11.3 Å². The maximum atomic E-state index is 12.5. The van der Waals surface area contributed by atoms with Crippen LogP contribution < -0.4 is 4.74 Å². The summed E-state index contributed by atoms with van der Waals surface area (Å²) < 4.78 is 5.38. The molecule has 0 aliphatic carbocycles. The molecule has 110 valence electrons. The fraction of sp³-hybridized carbons (Fsp3) is 0.375. The Hall–Kier alpha value is -1.88. The molecule has 3 rings (SSSR count). The average molecular weight is 302 g/mol. The standard InChI is InChI=1S/C16H18N2O2S/c1-10-14(17-11(2)21-10)7-16(19)18-8-12-5-4-6-15(20-3)13(12)9-18/h4-6H,7-9H2,1-3H3. The summed E-state index contributed by atoms with van der Waals surface area (Å²) in [7, 11) is 1.67. The van der Waals surface area contributed by atoms with Crippen molar-refractivity contribution in [3.05, 3.63) is 44.9 Å². The summed E-state index contributed by atoms with van der Waals surface area (Å²) in [5, 5.41) is 1.02. The summed E-state index contributed by atoms with van der Waals surface area (Å²) >= 11 is 1.65. The molecule has 0 atom stereocenters. The second kappa shape index (κ2) is 5.48. The topological polar surface area (TPSA) is 42.4 Å². The van der Waals surface area contributed by atoms with Crippen molar-refractivity contribution in [1.82, 2.24) is 9.88 Å². The Bertz CT molecular complexity index is 694. The molecule has 2 aromatic rings. The molecule has 0 bridgehead atoms. The van der Waals surface area contributed by atoms with E-state index in [1.54, 1.807) is 18.4 Å². The van der Waals surface area contributed by atoms with Gasteiger partial charge < -0.3 is 9.64 Å². The lowest BCUT2D eigenvalue weighted by atomic mass is 10.1. The highest BCUT2D eigenvalue weighted by molar-refractivity contribution is 7.11. The number of hydrogen-bond acceptors (Lipinski definition) is 4. The Morgan fingerprint density at radius 2 is 2.19 bits per heavy atom. The second-order valence-corrected chi connectivity index (χ2v) is 6.67. The molecular weight excluding hydrogens is 284 g/mol. The number of methoxy groups -OCH3 is 1. The van der Waals surface area contributed by atoms with Crippen molar-refractivity contribution in [1.29, 1.82) is 0 Å². The van der Waals surface area contributed by atoms with Gasteiger partial charge in [-0.2, -0.15) is 0 Å². The lowest BCUT2D eigenvalue weighted by Crippen LogP contribution is -2.27. The van der Waals surface area contributed by atoms with E-state index in [0.717, 1.165) is 26.9 Å². The van der Waals surface area contributed by atoms with Gasteiger partial charge in [0.25, 0.3) is 0 Å². The molecule has 0 N–H and O–H groups in total. The van der Waals surface area contributed by atoms with Crippen LogP contribution in [0, 0.1) is 13.8 Å². The van der Waals surface area contributed by atoms with Gasteiger partial charge >= 0.3 is 0 Å². The summed E-state index contributed by atoms with van der Waals surface area (Å²) in [5.74, 6) is 0.991. The number of thiazole rings is 1. The van der Waals surface area contributed by atoms with Crippen LogP contribution in [-0.4, -0.2) is 22.9 Å². The van der Waals surface area contributed by atoms with Crippen molar-refractivity contribution in [2.75, 3.05) is 7.11 Å². The maximum absolute atomic E-state index is 12.5. The SMILES string of the molecule is COc1cccc2c1CN(C(=O)Cc1nc(C)sc1C)C2. The van der Waals surface area contributed by atoms with E-state index >= 15 is 0 Å². The van der Waals surface area contributed by atoms with Crippen molar-refractivity contribution < 1.29 is 9.53 Å². The van der Waals surface area contributed by atoms with Crippen molar-refractivity contribution in [3.63, 3.8) is 0 Å². The predicted molar refractivity (Wildman–Crippen MR) is 82.5 cm³/mol. The first kappa shape index (κ1) is 14.1. The van der Waals surface area contributed by atoms with Gasteiger partial charge in [-0.05, 0) is 25.5 Å². The van der Waals surface area contributed by atoms with Crippen molar-refractivity contribution >= 4 is 17.2 Å². The van der Waals surface area contributed by atoms with Crippen LogP contribution in [0.1, 0.15) is 26.7 Å². The minimum atomic E-state index is 0.127. The van der Waals surface area contributed by atoms with E-state index in [0.29, 0.717) is 19.5 Å². The van der Waals surface area contributed by atoms with Crippen LogP contribution in [0.3, 0.4) is 0 Å². The number of carbonyl (C=O) groups is 1. The first-order valence-electron chi connectivity index (χ1n) is 6.94. The zero-order valence-corrected chi connectivity index (χ0v) is 13.3. The number of benzene rings is 1. The molecule has 5 heteroatoms. The molecule has 0 unspecified atom stereocenters. The van der Waals surface area contributed by atoms with E-state index in [9.17, 15) is 4.79 Å². The van der Waals surface area contributed by atoms with E-state index in [-0.39, 0.29) is 5.91 Å². The minimum absolute atomic E-state index is 0.127. The molecule has 4 nitrogen and oxygen atoms in total. The Kier molecular flexibility index (Phi) is 3.68. The molecule has 0 spiro atoms. The molecule has 0 radical (unpaired) electrons. The van der Waals surface area contributed by atoms with Crippen LogP contribution in [0.5, 0.6) is 5.75 Å². The monoisotopic (exact) mass is 302 g/mol. The molecule has 0 saturated heterocycles. The predicted octanol–water partition coefficient (Wildman–Crippen LogP) is 2.85. The quantitative estimate of drug-likeness (QED) is 0.875. The zero-order valence-electron chi connectivity index (χ0n) is 12.5. The number of amides is 1. The molecule has 1 aromatic carbocycles. The smallest absolute Gasteiger partial charge is 0.229 e. The molecule has 2 heterocycles. The van der Waals surface area contributed by atoms with Gasteiger partial charge in [-0.3, -0.25) is 4.79 Å². The summed E-state index contributed by atoms with van der Waals surface area (Å²) in [6, 6.07) is 5.98.